The van der Waals surface area contributed by atoms with Gasteiger partial charge >= 0.3 is 5.91 Å². The van der Waals surface area contributed by atoms with E-state index in [1.807, 2.05) is 0 Å². The monoisotopic (exact) mass is 326 g/mol. The Balaban J connectivity index is 2.02. The number of carbonyl (C=O) groups is 2. The fourth-order valence-corrected chi connectivity index (χ4v) is 1.68. The van der Waals surface area contributed by atoms with E-state index in [9.17, 15) is 14.0 Å². The summed E-state index contributed by atoms with van der Waals surface area (Å²) < 4.78 is 18.8. The summed E-state index contributed by atoms with van der Waals surface area (Å²) in [6.45, 7) is 0. The molecule has 2 amide bonds. The van der Waals surface area contributed by atoms with Gasteiger partial charge in [0.1, 0.15) is 5.82 Å². The van der Waals surface area contributed by atoms with Crippen LogP contribution in [0.1, 0.15) is 20.9 Å². The summed E-state index contributed by atoms with van der Waals surface area (Å²) in [7, 11) is 0. The van der Waals surface area contributed by atoms with Gasteiger partial charge in [0.05, 0.1) is 11.8 Å². The number of amides is 2. The van der Waals surface area contributed by atoms with E-state index in [1.54, 1.807) is 0 Å². The van der Waals surface area contributed by atoms with Gasteiger partial charge < -0.3 is 4.42 Å². The van der Waals surface area contributed by atoms with Crippen LogP contribution < -0.4 is 10.9 Å². The Hall–Kier alpha value is -2.15. The third-order valence-electron chi connectivity index (χ3n) is 2.21. The van der Waals surface area contributed by atoms with E-state index in [-0.39, 0.29) is 11.3 Å². The standard InChI is InChI=1S/C12H8BrFN2O3/c13-7-3-4-9(14)8(6-7)11(17)15-16-12(18)10-2-1-5-19-10/h1-6H,(H,15,17)(H,16,18). The van der Waals surface area contributed by atoms with Crippen molar-refractivity contribution >= 4 is 27.7 Å². The Morgan fingerprint density at radius 2 is 1.89 bits per heavy atom. The van der Waals surface area contributed by atoms with Gasteiger partial charge in [-0.15, -0.1) is 0 Å². The maximum Gasteiger partial charge on any atom is 0.305 e. The van der Waals surface area contributed by atoms with Crippen LogP contribution in [0.5, 0.6) is 0 Å². The summed E-state index contributed by atoms with van der Waals surface area (Å²) in [5.74, 6) is -2.05. The topological polar surface area (TPSA) is 71.3 Å². The largest absolute Gasteiger partial charge is 0.459 e. The van der Waals surface area contributed by atoms with Crippen molar-refractivity contribution in [2.45, 2.75) is 0 Å². The van der Waals surface area contributed by atoms with Crippen LogP contribution >= 0.6 is 15.9 Å². The Morgan fingerprint density at radius 3 is 2.58 bits per heavy atom. The van der Waals surface area contributed by atoms with Gasteiger partial charge in [0.25, 0.3) is 5.91 Å². The molecule has 0 spiro atoms. The first kappa shape index (κ1) is 13.3. The lowest BCUT2D eigenvalue weighted by molar-refractivity contribution is 0.0828. The maximum atomic E-state index is 13.4. The number of rotatable bonds is 2. The molecular formula is C12H8BrFN2O3. The highest BCUT2D eigenvalue weighted by Crippen LogP contribution is 2.15. The predicted molar refractivity (Wildman–Crippen MR) is 67.7 cm³/mol. The molecule has 7 heteroatoms. The highest BCUT2D eigenvalue weighted by atomic mass is 79.9. The van der Waals surface area contributed by atoms with Crippen LogP contribution in [0, 0.1) is 5.82 Å². The van der Waals surface area contributed by atoms with Gasteiger partial charge in [-0.1, -0.05) is 15.9 Å². The second-order valence-corrected chi connectivity index (χ2v) is 4.43. The van der Waals surface area contributed by atoms with E-state index >= 15 is 0 Å². The van der Waals surface area contributed by atoms with Crippen molar-refractivity contribution < 1.29 is 18.4 Å². The molecule has 0 aliphatic heterocycles. The number of benzene rings is 1. The molecule has 0 unspecified atom stereocenters. The summed E-state index contributed by atoms with van der Waals surface area (Å²) in [5.41, 5.74) is 4.03. The molecule has 2 rings (SSSR count). The van der Waals surface area contributed by atoms with E-state index in [0.717, 1.165) is 6.07 Å². The van der Waals surface area contributed by atoms with Crippen LogP contribution in [-0.2, 0) is 0 Å². The predicted octanol–water partition coefficient (Wildman–Crippen LogP) is 2.26. The zero-order chi connectivity index (χ0) is 13.8. The van der Waals surface area contributed by atoms with Gasteiger partial charge in [0.15, 0.2) is 5.76 Å². The minimum atomic E-state index is -0.765. The van der Waals surface area contributed by atoms with E-state index in [0.29, 0.717) is 4.47 Å². The summed E-state index contributed by atoms with van der Waals surface area (Å²) >= 11 is 3.13. The average Bonchev–Trinajstić information content (AvgIpc) is 2.92. The van der Waals surface area contributed by atoms with Crippen molar-refractivity contribution in [2.75, 3.05) is 0 Å². The lowest BCUT2D eigenvalue weighted by Gasteiger charge is -2.07. The molecule has 0 aliphatic rings. The summed E-state index contributed by atoms with van der Waals surface area (Å²) in [4.78, 5) is 23.1. The second kappa shape index (κ2) is 5.66. The van der Waals surface area contributed by atoms with Crippen LogP contribution in [0.15, 0.2) is 45.5 Å². The molecule has 98 valence electrons. The smallest absolute Gasteiger partial charge is 0.305 e. The SMILES string of the molecule is O=C(NNC(=O)c1cc(Br)ccc1F)c1ccco1. The van der Waals surface area contributed by atoms with Crippen molar-refractivity contribution in [3.63, 3.8) is 0 Å². The molecule has 0 radical (unpaired) electrons. The van der Waals surface area contributed by atoms with Crippen LogP contribution in [-0.4, -0.2) is 11.8 Å². The Bertz CT molecular complexity index is 613. The van der Waals surface area contributed by atoms with Crippen molar-refractivity contribution in [1.29, 1.82) is 0 Å². The third-order valence-corrected chi connectivity index (χ3v) is 2.70. The first-order valence-electron chi connectivity index (χ1n) is 5.17. The number of hydrazine groups is 1. The van der Waals surface area contributed by atoms with E-state index in [4.69, 9.17) is 4.42 Å². The molecule has 0 saturated carbocycles. The lowest BCUT2D eigenvalue weighted by Crippen LogP contribution is -2.41. The minimum Gasteiger partial charge on any atom is -0.459 e. The highest BCUT2D eigenvalue weighted by molar-refractivity contribution is 9.10. The van der Waals surface area contributed by atoms with Crippen molar-refractivity contribution in [1.82, 2.24) is 10.9 Å². The highest BCUT2D eigenvalue weighted by Gasteiger charge is 2.14. The maximum absolute atomic E-state index is 13.4. The second-order valence-electron chi connectivity index (χ2n) is 3.51. The number of hydrogen-bond acceptors (Lipinski definition) is 3. The molecule has 19 heavy (non-hydrogen) atoms. The zero-order valence-corrected chi connectivity index (χ0v) is 11.0. The van der Waals surface area contributed by atoms with Crippen molar-refractivity contribution in [3.8, 4) is 0 Å². The number of carbonyl (C=O) groups excluding carboxylic acids is 2. The first-order valence-corrected chi connectivity index (χ1v) is 5.96. The van der Waals surface area contributed by atoms with Crippen molar-refractivity contribution in [3.05, 3.63) is 58.2 Å². The molecule has 2 aromatic rings. The molecule has 0 aliphatic carbocycles. The van der Waals surface area contributed by atoms with Gasteiger partial charge in [-0.3, -0.25) is 20.4 Å². The van der Waals surface area contributed by atoms with E-state index < -0.39 is 17.6 Å². The van der Waals surface area contributed by atoms with Crippen LogP contribution in [0.2, 0.25) is 0 Å². The van der Waals surface area contributed by atoms with Crippen molar-refractivity contribution in [2.24, 2.45) is 0 Å². The lowest BCUT2D eigenvalue weighted by atomic mass is 10.2. The van der Waals surface area contributed by atoms with Gasteiger partial charge in [-0.05, 0) is 30.3 Å². The summed E-state index contributed by atoms with van der Waals surface area (Å²) in [6.07, 6.45) is 1.32. The van der Waals surface area contributed by atoms with Gasteiger partial charge in [-0.2, -0.15) is 0 Å². The van der Waals surface area contributed by atoms with E-state index in [1.165, 1.54) is 30.5 Å². The summed E-state index contributed by atoms with van der Waals surface area (Å²) in [6, 6.07) is 6.89. The molecule has 0 fully saturated rings. The zero-order valence-electron chi connectivity index (χ0n) is 9.44. The molecule has 0 bridgehead atoms. The summed E-state index contributed by atoms with van der Waals surface area (Å²) in [5, 5.41) is 0. The number of furan rings is 1. The van der Waals surface area contributed by atoms with Crippen LogP contribution in [0.3, 0.4) is 0 Å². The van der Waals surface area contributed by atoms with Gasteiger partial charge in [-0.25, -0.2) is 4.39 Å². The average molecular weight is 327 g/mol. The molecule has 0 atom stereocenters. The molecule has 0 saturated heterocycles. The number of hydrogen-bond donors (Lipinski definition) is 2. The quantitative estimate of drug-likeness (QED) is 0.831. The number of nitrogens with one attached hydrogen (secondary N) is 2. The molecule has 1 heterocycles. The fraction of sp³-hybridized carbons (Fsp3) is 0. The Labute approximate surface area is 115 Å². The Morgan fingerprint density at radius 1 is 1.16 bits per heavy atom. The Kier molecular flexibility index (Phi) is 3.96. The molecular weight excluding hydrogens is 319 g/mol. The minimum absolute atomic E-state index is 0.0371. The van der Waals surface area contributed by atoms with Crippen LogP contribution in [0.4, 0.5) is 4.39 Å². The molecule has 1 aromatic heterocycles. The van der Waals surface area contributed by atoms with Crippen LogP contribution in [0.25, 0.3) is 0 Å². The van der Waals surface area contributed by atoms with E-state index in [2.05, 4.69) is 26.8 Å². The molecule has 5 nitrogen and oxygen atoms in total. The van der Waals surface area contributed by atoms with Gasteiger partial charge in [0, 0.05) is 4.47 Å². The molecule has 2 N–H and O–H groups in total. The first-order chi connectivity index (χ1) is 9.08. The normalized spacial score (nSPS) is 10.0. The molecule has 1 aromatic carbocycles. The number of halogens is 2. The van der Waals surface area contributed by atoms with Gasteiger partial charge in [0.2, 0.25) is 0 Å². The third kappa shape index (κ3) is 3.19. The fourth-order valence-electron chi connectivity index (χ4n) is 1.32.